The Labute approximate surface area is 128 Å². The molecule has 1 saturated heterocycles. The van der Waals surface area contributed by atoms with Crippen LogP contribution in [0.4, 0.5) is 0 Å². The largest absolute Gasteiger partial charge is 0.454 e. The smallest absolute Gasteiger partial charge is 0.326 e. The van der Waals surface area contributed by atoms with E-state index in [1.165, 1.54) is 0 Å². The minimum absolute atomic E-state index is 0.327. The Morgan fingerprint density at radius 3 is 2.36 bits per heavy atom. The standard InChI is InChI=1S/C15H20N2O5/c1-2-7-16-12(18)9-22-13(19)8-17-14(20)10-5-3-4-6-11(10)15(17)21/h3-4,10-11H,2,5-9H2,1H3,(H,16,18)/t10-,11+. The number of esters is 1. The average molecular weight is 308 g/mol. The zero-order valence-electron chi connectivity index (χ0n) is 12.5. The third kappa shape index (κ3) is 3.52. The molecule has 22 heavy (non-hydrogen) atoms. The third-order valence-electron chi connectivity index (χ3n) is 3.82. The summed E-state index contributed by atoms with van der Waals surface area (Å²) < 4.78 is 4.80. The normalized spacial score (nSPS) is 23.4. The topological polar surface area (TPSA) is 92.8 Å². The second-order valence-corrected chi connectivity index (χ2v) is 5.43. The van der Waals surface area contributed by atoms with Crippen LogP contribution in [0, 0.1) is 11.8 Å². The van der Waals surface area contributed by atoms with Crippen molar-refractivity contribution in [2.45, 2.75) is 26.2 Å². The van der Waals surface area contributed by atoms with Gasteiger partial charge >= 0.3 is 5.97 Å². The Morgan fingerprint density at radius 1 is 1.23 bits per heavy atom. The monoisotopic (exact) mass is 308 g/mol. The van der Waals surface area contributed by atoms with E-state index in [9.17, 15) is 19.2 Å². The van der Waals surface area contributed by atoms with Crippen LogP contribution in [0.15, 0.2) is 12.2 Å². The van der Waals surface area contributed by atoms with Crippen LogP contribution in [-0.4, -0.2) is 48.3 Å². The molecule has 3 amide bonds. The zero-order chi connectivity index (χ0) is 16.1. The summed E-state index contributed by atoms with van der Waals surface area (Å²) in [5.41, 5.74) is 0. The van der Waals surface area contributed by atoms with E-state index >= 15 is 0 Å². The predicted octanol–water partition coefficient (Wildman–Crippen LogP) is 0.00700. The first-order valence-corrected chi connectivity index (χ1v) is 7.47. The Hall–Kier alpha value is -2.18. The number of hydrogen-bond donors (Lipinski definition) is 1. The maximum atomic E-state index is 12.1. The lowest BCUT2D eigenvalue weighted by Gasteiger charge is -2.14. The summed E-state index contributed by atoms with van der Waals surface area (Å²) in [4.78, 5) is 48.3. The van der Waals surface area contributed by atoms with Gasteiger partial charge in [0.05, 0.1) is 11.8 Å². The van der Waals surface area contributed by atoms with E-state index in [0.717, 1.165) is 11.3 Å². The van der Waals surface area contributed by atoms with Gasteiger partial charge in [0.1, 0.15) is 6.54 Å². The van der Waals surface area contributed by atoms with Crippen LogP contribution in [0.2, 0.25) is 0 Å². The van der Waals surface area contributed by atoms with Gasteiger partial charge in [0.25, 0.3) is 5.91 Å². The van der Waals surface area contributed by atoms with Crippen molar-refractivity contribution in [3.63, 3.8) is 0 Å². The van der Waals surface area contributed by atoms with Gasteiger partial charge in [-0.15, -0.1) is 0 Å². The van der Waals surface area contributed by atoms with Crippen molar-refractivity contribution in [1.29, 1.82) is 0 Å². The van der Waals surface area contributed by atoms with Gasteiger partial charge in [0.2, 0.25) is 11.8 Å². The number of rotatable bonds is 6. The van der Waals surface area contributed by atoms with Gasteiger partial charge in [-0.1, -0.05) is 19.1 Å². The molecule has 2 aliphatic rings. The van der Waals surface area contributed by atoms with Crippen LogP contribution in [0.5, 0.6) is 0 Å². The highest BCUT2D eigenvalue weighted by molar-refractivity contribution is 6.07. The zero-order valence-corrected chi connectivity index (χ0v) is 12.5. The summed E-state index contributed by atoms with van der Waals surface area (Å²) in [6, 6.07) is 0. The molecular formula is C15H20N2O5. The second kappa shape index (κ2) is 7.20. The molecule has 1 aliphatic carbocycles. The first kappa shape index (κ1) is 16.2. The fourth-order valence-electron chi connectivity index (χ4n) is 2.66. The molecule has 1 heterocycles. The van der Waals surface area contributed by atoms with E-state index in [0.29, 0.717) is 19.4 Å². The molecule has 0 aromatic rings. The molecule has 1 aliphatic heterocycles. The van der Waals surface area contributed by atoms with Crippen molar-refractivity contribution in [2.24, 2.45) is 11.8 Å². The number of nitrogens with zero attached hydrogens (tertiary/aromatic N) is 1. The average Bonchev–Trinajstić information content (AvgIpc) is 2.76. The predicted molar refractivity (Wildman–Crippen MR) is 76.3 cm³/mol. The Bertz CT molecular complexity index is 488. The number of allylic oxidation sites excluding steroid dienone is 2. The van der Waals surface area contributed by atoms with E-state index in [1.54, 1.807) is 0 Å². The van der Waals surface area contributed by atoms with Gasteiger partial charge in [0.15, 0.2) is 6.61 Å². The number of ether oxygens (including phenoxy) is 1. The van der Waals surface area contributed by atoms with Gasteiger partial charge in [0, 0.05) is 6.54 Å². The summed E-state index contributed by atoms with van der Waals surface area (Å²) in [5.74, 6) is -2.53. The van der Waals surface area contributed by atoms with E-state index < -0.39 is 25.0 Å². The number of carbonyl (C=O) groups is 4. The molecule has 2 rings (SSSR count). The summed E-state index contributed by atoms with van der Waals surface area (Å²) in [6.07, 6.45) is 5.60. The van der Waals surface area contributed by atoms with E-state index in [4.69, 9.17) is 4.74 Å². The highest BCUT2D eigenvalue weighted by Crippen LogP contribution is 2.34. The van der Waals surface area contributed by atoms with Gasteiger partial charge < -0.3 is 10.1 Å². The number of imide groups is 1. The van der Waals surface area contributed by atoms with Crippen molar-refractivity contribution in [2.75, 3.05) is 19.7 Å². The highest BCUT2D eigenvalue weighted by atomic mass is 16.5. The third-order valence-corrected chi connectivity index (χ3v) is 3.82. The fourth-order valence-corrected chi connectivity index (χ4v) is 2.66. The van der Waals surface area contributed by atoms with Crippen molar-refractivity contribution in [3.8, 4) is 0 Å². The lowest BCUT2D eigenvalue weighted by Crippen LogP contribution is -2.38. The minimum atomic E-state index is -0.750. The molecule has 0 unspecified atom stereocenters. The van der Waals surface area contributed by atoms with Gasteiger partial charge in [-0.05, 0) is 19.3 Å². The fraction of sp³-hybridized carbons (Fsp3) is 0.600. The van der Waals surface area contributed by atoms with Gasteiger partial charge in [-0.2, -0.15) is 0 Å². The molecule has 1 fully saturated rings. The molecule has 0 radical (unpaired) electrons. The maximum absolute atomic E-state index is 12.1. The lowest BCUT2D eigenvalue weighted by molar-refractivity contribution is -0.154. The number of nitrogens with one attached hydrogen (secondary N) is 1. The SMILES string of the molecule is CCCNC(=O)COC(=O)CN1C(=O)[C@H]2CC=CC[C@H]2C1=O. The van der Waals surface area contributed by atoms with Gasteiger partial charge in [-0.3, -0.25) is 24.1 Å². The Morgan fingerprint density at radius 2 is 1.82 bits per heavy atom. The van der Waals surface area contributed by atoms with Gasteiger partial charge in [-0.25, -0.2) is 0 Å². The Kier molecular flexibility index (Phi) is 5.30. The first-order valence-electron chi connectivity index (χ1n) is 7.47. The van der Waals surface area contributed by atoms with E-state index in [2.05, 4.69) is 5.32 Å². The van der Waals surface area contributed by atoms with E-state index in [1.807, 2.05) is 19.1 Å². The van der Waals surface area contributed by atoms with Crippen molar-refractivity contribution >= 4 is 23.7 Å². The summed E-state index contributed by atoms with van der Waals surface area (Å²) in [7, 11) is 0. The maximum Gasteiger partial charge on any atom is 0.326 e. The van der Waals surface area contributed by atoms with Crippen molar-refractivity contribution in [1.82, 2.24) is 10.2 Å². The van der Waals surface area contributed by atoms with Crippen LogP contribution in [-0.2, 0) is 23.9 Å². The minimum Gasteiger partial charge on any atom is -0.454 e. The van der Waals surface area contributed by atoms with Crippen LogP contribution < -0.4 is 5.32 Å². The number of hydrogen-bond acceptors (Lipinski definition) is 5. The van der Waals surface area contributed by atoms with Crippen molar-refractivity contribution in [3.05, 3.63) is 12.2 Å². The molecular weight excluding hydrogens is 288 g/mol. The molecule has 0 saturated carbocycles. The highest BCUT2D eigenvalue weighted by Gasteiger charge is 2.47. The molecule has 0 spiro atoms. The second-order valence-electron chi connectivity index (χ2n) is 5.43. The number of likely N-dealkylation sites (tertiary alicyclic amines) is 1. The van der Waals surface area contributed by atoms with E-state index in [-0.39, 0.29) is 23.7 Å². The lowest BCUT2D eigenvalue weighted by atomic mass is 9.85. The Balaban J connectivity index is 1.83. The molecule has 1 N–H and O–H groups in total. The number of carbonyl (C=O) groups excluding carboxylic acids is 4. The molecule has 120 valence electrons. The quantitative estimate of drug-likeness (QED) is 0.424. The number of amides is 3. The summed E-state index contributed by atoms with van der Waals surface area (Å²) in [6.45, 7) is 1.59. The van der Waals surface area contributed by atoms with Crippen LogP contribution >= 0.6 is 0 Å². The van der Waals surface area contributed by atoms with Crippen molar-refractivity contribution < 1.29 is 23.9 Å². The number of fused-ring (bicyclic) bond motifs is 1. The molecule has 7 nitrogen and oxygen atoms in total. The van der Waals surface area contributed by atoms with Crippen LogP contribution in [0.25, 0.3) is 0 Å². The molecule has 7 heteroatoms. The molecule has 0 aromatic heterocycles. The summed E-state index contributed by atoms with van der Waals surface area (Å²) >= 11 is 0. The van der Waals surface area contributed by atoms with Crippen LogP contribution in [0.1, 0.15) is 26.2 Å². The summed E-state index contributed by atoms with van der Waals surface area (Å²) in [5, 5.41) is 2.57. The molecule has 0 bridgehead atoms. The molecule has 2 atom stereocenters. The first-order chi connectivity index (χ1) is 10.5. The van der Waals surface area contributed by atoms with Crippen LogP contribution in [0.3, 0.4) is 0 Å². The molecule has 0 aromatic carbocycles.